The summed E-state index contributed by atoms with van der Waals surface area (Å²) in [7, 11) is 4.09. The number of nitrogens with one attached hydrogen (secondary N) is 1. The van der Waals surface area contributed by atoms with Gasteiger partial charge < -0.3 is 14.6 Å². The first-order chi connectivity index (χ1) is 9.19. The Kier molecular flexibility index (Phi) is 4.22. The van der Waals surface area contributed by atoms with Crippen LogP contribution in [0.1, 0.15) is 17.1 Å². The molecule has 0 atom stereocenters. The SMILES string of the molecule is CN(C)Cc1ccccc1NCc1ccc(C#N)o1. The van der Waals surface area contributed by atoms with Gasteiger partial charge in [-0.1, -0.05) is 18.2 Å². The maximum Gasteiger partial charge on any atom is 0.203 e. The summed E-state index contributed by atoms with van der Waals surface area (Å²) in [6, 6.07) is 13.7. The van der Waals surface area contributed by atoms with Crippen molar-refractivity contribution in [2.24, 2.45) is 0 Å². The number of nitriles is 1. The fourth-order valence-corrected chi connectivity index (χ4v) is 1.89. The van der Waals surface area contributed by atoms with Crippen LogP contribution in [0.15, 0.2) is 40.8 Å². The highest BCUT2D eigenvalue weighted by atomic mass is 16.3. The standard InChI is InChI=1S/C15H17N3O/c1-18(2)11-12-5-3-4-6-15(12)17-10-14-8-7-13(9-16)19-14/h3-8,17H,10-11H2,1-2H3. The van der Waals surface area contributed by atoms with Gasteiger partial charge in [-0.15, -0.1) is 0 Å². The van der Waals surface area contributed by atoms with Crippen molar-refractivity contribution in [2.45, 2.75) is 13.1 Å². The summed E-state index contributed by atoms with van der Waals surface area (Å²) in [4.78, 5) is 2.13. The molecule has 0 aliphatic heterocycles. The number of benzene rings is 1. The molecule has 0 fully saturated rings. The van der Waals surface area contributed by atoms with E-state index >= 15 is 0 Å². The van der Waals surface area contributed by atoms with Crippen molar-refractivity contribution < 1.29 is 4.42 Å². The Bertz CT molecular complexity index is 581. The molecule has 1 heterocycles. The van der Waals surface area contributed by atoms with E-state index in [1.54, 1.807) is 6.07 Å². The van der Waals surface area contributed by atoms with E-state index in [9.17, 15) is 0 Å². The van der Waals surface area contributed by atoms with Gasteiger partial charge in [-0.05, 0) is 37.9 Å². The molecule has 0 saturated carbocycles. The first kappa shape index (κ1) is 13.2. The summed E-state index contributed by atoms with van der Waals surface area (Å²) in [6.07, 6.45) is 0. The third-order valence-electron chi connectivity index (χ3n) is 2.73. The average Bonchev–Trinajstić information content (AvgIpc) is 2.85. The molecule has 1 aromatic heterocycles. The largest absolute Gasteiger partial charge is 0.449 e. The van der Waals surface area contributed by atoms with Gasteiger partial charge in [0.25, 0.3) is 0 Å². The van der Waals surface area contributed by atoms with Gasteiger partial charge in [0, 0.05) is 12.2 Å². The zero-order valence-corrected chi connectivity index (χ0v) is 11.2. The normalized spacial score (nSPS) is 10.4. The Morgan fingerprint density at radius 3 is 2.68 bits per heavy atom. The van der Waals surface area contributed by atoms with Crippen LogP contribution in [-0.2, 0) is 13.1 Å². The zero-order valence-electron chi connectivity index (χ0n) is 11.2. The number of hydrogen-bond acceptors (Lipinski definition) is 4. The molecule has 2 aromatic rings. The van der Waals surface area contributed by atoms with Crippen LogP contribution in [0.25, 0.3) is 0 Å². The first-order valence-corrected chi connectivity index (χ1v) is 6.14. The Morgan fingerprint density at radius 2 is 2.00 bits per heavy atom. The van der Waals surface area contributed by atoms with E-state index < -0.39 is 0 Å². The van der Waals surface area contributed by atoms with Crippen LogP contribution in [0, 0.1) is 11.3 Å². The van der Waals surface area contributed by atoms with Gasteiger partial charge in [0.15, 0.2) is 0 Å². The fourth-order valence-electron chi connectivity index (χ4n) is 1.89. The molecule has 1 N–H and O–H groups in total. The van der Waals surface area contributed by atoms with Gasteiger partial charge in [0.2, 0.25) is 5.76 Å². The second kappa shape index (κ2) is 6.07. The lowest BCUT2D eigenvalue weighted by molar-refractivity contribution is 0.403. The number of nitrogens with zero attached hydrogens (tertiary/aromatic N) is 2. The monoisotopic (exact) mass is 255 g/mol. The highest BCUT2D eigenvalue weighted by Gasteiger charge is 2.05. The van der Waals surface area contributed by atoms with Gasteiger partial charge in [0.05, 0.1) is 6.54 Å². The Balaban J connectivity index is 2.05. The molecule has 0 bridgehead atoms. The topological polar surface area (TPSA) is 52.2 Å². The van der Waals surface area contributed by atoms with E-state index in [1.165, 1.54) is 5.56 Å². The predicted molar refractivity (Wildman–Crippen MR) is 74.6 cm³/mol. The van der Waals surface area contributed by atoms with E-state index in [-0.39, 0.29) is 0 Å². The lowest BCUT2D eigenvalue weighted by atomic mass is 10.1. The van der Waals surface area contributed by atoms with E-state index in [2.05, 4.69) is 16.3 Å². The summed E-state index contributed by atoms with van der Waals surface area (Å²) in [6.45, 7) is 1.46. The molecule has 0 aliphatic carbocycles. The molecule has 2 rings (SSSR count). The van der Waals surface area contributed by atoms with Crippen molar-refractivity contribution in [1.82, 2.24) is 4.90 Å². The van der Waals surface area contributed by atoms with E-state index in [0.717, 1.165) is 18.0 Å². The highest BCUT2D eigenvalue weighted by molar-refractivity contribution is 5.51. The molecule has 19 heavy (non-hydrogen) atoms. The van der Waals surface area contributed by atoms with Crippen LogP contribution >= 0.6 is 0 Å². The molecule has 4 heteroatoms. The maximum atomic E-state index is 8.71. The smallest absolute Gasteiger partial charge is 0.203 e. The number of rotatable bonds is 5. The third kappa shape index (κ3) is 3.60. The quantitative estimate of drug-likeness (QED) is 0.892. The molecule has 0 unspecified atom stereocenters. The Labute approximate surface area is 113 Å². The van der Waals surface area contributed by atoms with Crippen molar-refractivity contribution in [3.63, 3.8) is 0 Å². The summed E-state index contributed by atoms with van der Waals surface area (Å²) >= 11 is 0. The molecule has 0 radical (unpaired) electrons. The van der Waals surface area contributed by atoms with Crippen molar-refractivity contribution in [3.8, 4) is 6.07 Å². The van der Waals surface area contributed by atoms with Gasteiger partial charge in [-0.25, -0.2) is 0 Å². The molecule has 4 nitrogen and oxygen atoms in total. The molecule has 0 spiro atoms. The highest BCUT2D eigenvalue weighted by Crippen LogP contribution is 2.18. The maximum absolute atomic E-state index is 8.71. The van der Waals surface area contributed by atoms with Crippen molar-refractivity contribution >= 4 is 5.69 Å². The molecular weight excluding hydrogens is 238 g/mol. The second-order valence-electron chi connectivity index (χ2n) is 4.63. The summed E-state index contributed by atoms with van der Waals surface area (Å²) < 4.78 is 5.34. The predicted octanol–water partition coefficient (Wildman–Crippen LogP) is 2.82. The van der Waals surface area contributed by atoms with E-state index in [1.807, 2.05) is 44.4 Å². The van der Waals surface area contributed by atoms with Crippen LogP contribution in [0.2, 0.25) is 0 Å². The van der Waals surface area contributed by atoms with Crippen LogP contribution in [-0.4, -0.2) is 19.0 Å². The van der Waals surface area contributed by atoms with Crippen LogP contribution < -0.4 is 5.32 Å². The molecule has 98 valence electrons. The minimum atomic E-state index is 0.346. The second-order valence-corrected chi connectivity index (χ2v) is 4.63. The summed E-state index contributed by atoms with van der Waals surface area (Å²) in [5.74, 6) is 1.11. The molecule has 0 saturated heterocycles. The van der Waals surface area contributed by atoms with Crippen molar-refractivity contribution in [1.29, 1.82) is 5.26 Å². The fraction of sp³-hybridized carbons (Fsp3) is 0.267. The average molecular weight is 255 g/mol. The molecule has 1 aromatic carbocycles. The lowest BCUT2D eigenvalue weighted by Crippen LogP contribution is -2.12. The van der Waals surface area contributed by atoms with E-state index in [4.69, 9.17) is 9.68 Å². The van der Waals surface area contributed by atoms with Gasteiger partial charge in [-0.3, -0.25) is 0 Å². The van der Waals surface area contributed by atoms with E-state index in [0.29, 0.717) is 12.3 Å². The third-order valence-corrected chi connectivity index (χ3v) is 2.73. The summed E-state index contributed by atoms with van der Waals surface area (Å²) in [5, 5.41) is 12.1. The molecule has 0 aliphatic rings. The van der Waals surface area contributed by atoms with Crippen LogP contribution in [0.3, 0.4) is 0 Å². The minimum absolute atomic E-state index is 0.346. The Hall–Kier alpha value is -2.25. The van der Waals surface area contributed by atoms with Crippen molar-refractivity contribution in [3.05, 3.63) is 53.5 Å². The molecule has 0 amide bonds. The van der Waals surface area contributed by atoms with Gasteiger partial charge in [-0.2, -0.15) is 5.26 Å². The number of anilines is 1. The summed E-state index contributed by atoms with van der Waals surface area (Å²) in [5.41, 5.74) is 2.32. The van der Waals surface area contributed by atoms with Gasteiger partial charge in [0.1, 0.15) is 11.8 Å². The zero-order chi connectivity index (χ0) is 13.7. The first-order valence-electron chi connectivity index (χ1n) is 6.14. The van der Waals surface area contributed by atoms with Crippen molar-refractivity contribution in [2.75, 3.05) is 19.4 Å². The Morgan fingerprint density at radius 1 is 1.21 bits per heavy atom. The van der Waals surface area contributed by atoms with Crippen LogP contribution in [0.5, 0.6) is 0 Å². The minimum Gasteiger partial charge on any atom is -0.449 e. The van der Waals surface area contributed by atoms with Gasteiger partial charge >= 0.3 is 0 Å². The lowest BCUT2D eigenvalue weighted by Gasteiger charge is -2.14. The number of furan rings is 1. The number of para-hydroxylation sites is 1. The van der Waals surface area contributed by atoms with Crippen LogP contribution in [0.4, 0.5) is 5.69 Å². The number of hydrogen-bond donors (Lipinski definition) is 1. The molecular formula is C15H17N3O.